The van der Waals surface area contributed by atoms with Crippen LogP contribution in [0.1, 0.15) is 16.7 Å². The fourth-order valence-corrected chi connectivity index (χ4v) is 4.72. The summed E-state index contributed by atoms with van der Waals surface area (Å²) in [6.07, 6.45) is 5.76. The van der Waals surface area contributed by atoms with Crippen molar-refractivity contribution in [1.82, 2.24) is 4.57 Å². The second kappa shape index (κ2) is 14.5. The molecule has 5 N–H and O–H groups in total. The number of pyridine rings is 1. The summed E-state index contributed by atoms with van der Waals surface area (Å²) < 4.78 is 65.0. The van der Waals surface area contributed by atoms with Crippen LogP contribution >= 0.6 is 0 Å². The number of fused-ring (bicyclic) bond motifs is 1. The summed E-state index contributed by atoms with van der Waals surface area (Å²) in [5.74, 6) is -0.0552. The zero-order chi connectivity index (χ0) is 32.5. The molecule has 3 aromatic carbocycles. The van der Waals surface area contributed by atoms with Crippen LogP contribution in [0.2, 0.25) is 0 Å². The van der Waals surface area contributed by atoms with E-state index in [2.05, 4.69) is 38.5 Å². The molecule has 5 rings (SSSR count). The second-order valence-corrected chi connectivity index (χ2v) is 12.3. The molecule has 0 fully saturated rings. The smallest absolute Gasteiger partial charge is 0.294 e. The standard InChI is InChI=1S/C16H17N6.2C7H8O3S/c1-21-14(11-22-9-3-2-4-15(21)22)13-7-5-12(6-8-13)10-19-20-16(17)18;2*1-6-2-4-7(5-3-6)11(8,9)10/h2-11H,1H3,(H4,17,18,20);2*2-5H,1H3,(H,8,9,10)/q+1;;/p-1. The molecule has 0 amide bonds. The maximum absolute atomic E-state index is 10.5. The Balaban J connectivity index is 0.000000202. The van der Waals surface area contributed by atoms with Crippen molar-refractivity contribution < 1.29 is 30.3 Å². The first-order chi connectivity index (χ1) is 20.6. The predicted octanol–water partition coefficient (Wildman–Crippen LogP) is 3.18. The lowest BCUT2D eigenvalue weighted by atomic mass is 10.1. The minimum atomic E-state index is -4.27. The van der Waals surface area contributed by atoms with E-state index in [0.29, 0.717) is 0 Å². The Morgan fingerprint density at radius 3 is 1.86 bits per heavy atom. The van der Waals surface area contributed by atoms with E-state index in [4.69, 9.17) is 16.0 Å². The molecule has 14 heteroatoms. The van der Waals surface area contributed by atoms with E-state index in [1.807, 2.05) is 56.4 Å². The number of nitrogens with two attached hydrogens (primary N) is 2. The summed E-state index contributed by atoms with van der Waals surface area (Å²) in [6.45, 7) is 3.66. The summed E-state index contributed by atoms with van der Waals surface area (Å²) in [5.41, 5.74) is 16.7. The molecule has 0 bridgehead atoms. The SMILES string of the molecule is Cc1ccc(S(=O)(=O)O)cc1.Cc1ccc(S(=O)(=O)[O-])cc1.Cn1c(-c2ccc(C=NN=C(N)N)cc2)c[n+]2ccccc12. The molecule has 0 saturated heterocycles. The van der Waals surface area contributed by atoms with Crippen molar-refractivity contribution in [3.8, 4) is 11.3 Å². The highest BCUT2D eigenvalue weighted by Gasteiger charge is 2.14. The van der Waals surface area contributed by atoms with Crippen molar-refractivity contribution in [2.45, 2.75) is 23.6 Å². The third kappa shape index (κ3) is 9.84. The average Bonchev–Trinajstić information content (AvgIpc) is 3.30. The third-order valence-electron chi connectivity index (χ3n) is 6.05. The Labute approximate surface area is 256 Å². The van der Waals surface area contributed by atoms with Gasteiger partial charge in [-0.15, -0.1) is 5.10 Å². The normalized spacial score (nSPS) is 11.3. The molecule has 0 aliphatic rings. The number of hydrogen-bond donors (Lipinski definition) is 3. The van der Waals surface area contributed by atoms with Gasteiger partial charge in [0.2, 0.25) is 5.96 Å². The van der Waals surface area contributed by atoms with Crippen LogP contribution in [0.15, 0.2) is 123 Å². The monoisotopic (exact) mass is 636 g/mol. The van der Waals surface area contributed by atoms with Crippen LogP contribution in [-0.4, -0.2) is 42.7 Å². The number of imidazole rings is 1. The third-order valence-corrected chi connectivity index (χ3v) is 7.77. The first-order valence-corrected chi connectivity index (χ1v) is 15.7. The number of benzene rings is 3. The molecular weight excluding hydrogens is 604 g/mol. The molecule has 44 heavy (non-hydrogen) atoms. The maximum Gasteiger partial charge on any atom is 0.294 e. The number of nitrogens with zero attached hydrogens (tertiary/aromatic N) is 4. The lowest BCUT2D eigenvalue weighted by molar-refractivity contribution is -0.510. The summed E-state index contributed by atoms with van der Waals surface area (Å²) in [6, 6.07) is 25.9. The quantitative estimate of drug-likeness (QED) is 0.0859. The molecule has 0 aliphatic carbocycles. The van der Waals surface area contributed by atoms with Gasteiger partial charge >= 0.3 is 0 Å². The van der Waals surface area contributed by atoms with E-state index in [9.17, 15) is 21.4 Å². The van der Waals surface area contributed by atoms with Crippen molar-refractivity contribution in [2.24, 2.45) is 28.7 Å². The zero-order valence-corrected chi connectivity index (χ0v) is 25.8. The van der Waals surface area contributed by atoms with Gasteiger partial charge in [-0.2, -0.15) is 13.5 Å². The van der Waals surface area contributed by atoms with Crippen LogP contribution < -0.4 is 15.9 Å². The first-order valence-electron chi connectivity index (χ1n) is 12.9. The second-order valence-electron chi connectivity index (χ2n) is 9.49. The van der Waals surface area contributed by atoms with Crippen molar-refractivity contribution in [1.29, 1.82) is 0 Å². The van der Waals surface area contributed by atoms with E-state index in [-0.39, 0.29) is 15.8 Å². The van der Waals surface area contributed by atoms with Gasteiger partial charge in [0.15, 0.2) is 5.69 Å². The highest BCUT2D eigenvalue weighted by atomic mass is 32.2. The Morgan fingerprint density at radius 2 is 1.39 bits per heavy atom. The number of aromatic nitrogens is 2. The molecule has 0 saturated carbocycles. The Hall–Kier alpha value is -4.89. The molecule has 12 nitrogen and oxygen atoms in total. The molecular formula is C30H32N6O6S2. The highest BCUT2D eigenvalue weighted by Crippen LogP contribution is 2.19. The number of guanidine groups is 1. The molecule has 2 aromatic heterocycles. The molecule has 0 spiro atoms. The van der Waals surface area contributed by atoms with Crippen LogP contribution in [0.5, 0.6) is 0 Å². The van der Waals surface area contributed by atoms with Gasteiger partial charge in [-0.3, -0.25) is 4.55 Å². The lowest BCUT2D eigenvalue weighted by Crippen LogP contribution is -2.21. The lowest BCUT2D eigenvalue weighted by Gasteiger charge is -2.05. The van der Waals surface area contributed by atoms with Gasteiger partial charge in [0.25, 0.3) is 15.8 Å². The number of aryl methyl sites for hydroxylation is 3. The maximum atomic E-state index is 10.5. The summed E-state index contributed by atoms with van der Waals surface area (Å²) in [7, 11) is -6.23. The molecule has 230 valence electrons. The molecule has 0 unspecified atom stereocenters. The van der Waals surface area contributed by atoms with E-state index < -0.39 is 20.2 Å². The Bertz CT molecular complexity index is 1910. The van der Waals surface area contributed by atoms with Gasteiger partial charge in [-0.1, -0.05) is 53.6 Å². The van der Waals surface area contributed by atoms with Crippen LogP contribution in [0.3, 0.4) is 0 Å². The van der Waals surface area contributed by atoms with Crippen molar-refractivity contribution in [3.05, 3.63) is 120 Å². The van der Waals surface area contributed by atoms with Gasteiger partial charge in [0.1, 0.15) is 16.3 Å². The largest absolute Gasteiger partial charge is 0.744 e. The highest BCUT2D eigenvalue weighted by molar-refractivity contribution is 7.86. The molecule has 0 aliphatic heterocycles. The van der Waals surface area contributed by atoms with Crippen molar-refractivity contribution >= 4 is 38.1 Å². The fraction of sp³-hybridized carbons (Fsp3) is 0.100. The average molecular weight is 637 g/mol. The van der Waals surface area contributed by atoms with Crippen molar-refractivity contribution in [2.75, 3.05) is 0 Å². The first kappa shape index (κ1) is 33.6. The van der Waals surface area contributed by atoms with E-state index in [0.717, 1.165) is 33.6 Å². The van der Waals surface area contributed by atoms with Gasteiger partial charge in [0, 0.05) is 11.6 Å². The molecule has 0 radical (unpaired) electrons. The Morgan fingerprint density at radius 1 is 0.841 bits per heavy atom. The van der Waals surface area contributed by atoms with Crippen molar-refractivity contribution in [3.63, 3.8) is 0 Å². The zero-order valence-electron chi connectivity index (χ0n) is 24.1. The fourth-order valence-electron chi connectivity index (χ4n) is 3.77. The van der Waals surface area contributed by atoms with Crippen LogP contribution in [0, 0.1) is 13.8 Å². The van der Waals surface area contributed by atoms with Gasteiger partial charge in [0.05, 0.1) is 29.3 Å². The molecule has 2 heterocycles. The van der Waals surface area contributed by atoms with Crippen LogP contribution in [-0.2, 0) is 27.3 Å². The van der Waals surface area contributed by atoms with Crippen LogP contribution in [0.4, 0.5) is 0 Å². The van der Waals surface area contributed by atoms with Gasteiger partial charge < -0.3 is 16.0 Å². The summed E-state index contributed by atoms with van der Waals surface area (Å²) in [4.78, 5) is -0.244. The minimum absolute atomic E-state index is 0.0552. The summed E-state index contributed by atoms with van der Waals surface area (Å²) >= 11 is 0. The van der Waals surface area contributed by atoms with E-state index in [1.54, 1.807) is 30.5 Å². The van der Waals surface area contributed by atoms with Gasteiger partial charge in [-0.25, -0.2) is 17.4 Å². The molecule has 5 aromatic rings. The molecule has 0 atom stereocenters. The minimum Gasteiger partial charge on any atom is -0.744 e. The topological polar surface area (TPSA) is 197 Å². The van der Waals surface area contributed by atoms with Gasteiger partial charge in [-0.05, 0) is 61.9 Å². The van der Waals surface area contributed by atoms with E-state index in [1.165, 1.54) is 24.3 Å². The van der Waals surface area contributed by atoms with Crippen LogP contribution in [0.25, 0.3) is 16.9 Å². The number of hydrogen-bond acceptors (Lipinski definition) is 7. The Kier molecular flexibility index (Phi) is 11.1. The number of rotatable bonds is 5. The summed E-state index contributed by atoms with van der Waals surface area (Å²) in [5, 5.41) is 7.38. The van der Waals surface area contributed by atoms with E-state index >= 15 is 0 Å². The predicted molar refractivity (Wildman–Crippen MR) is 168 cm³/mol.